The van der Waals surface area contributed by atoms with Crippen molar-refractivity contribution in [2.45, 2.75) is 6.42 Å². The second kappa shape index (κ2) is 4.89. The molecule has 1 aromatic carbocycles. The molecule has 0 bridgehead atoms. The van der Waals surface area contributed by atoms with Gasteiger partial charge in [-0.1, -0.05) is 29.4 Å². The van der Waals surface area contributed by atoms with Gasteiger partial charge in [-0.15, -0.1) is 0 Å². The third-order valence-corrected chi connectivity index (χ3v) is 2.75. The number of hydrogen-bond acceptors (Lipinski definition) is 5. The lowest BCUT2D eigenvalue weighted by atomic mass is 9.96. The minimum atomic E-state index is -1.19. The Hall–Kier alpha value is -2.70. The molecule has 1 aliphatic rings. The first-order valence-corrected chi connectivity index (χ1v) is 5.29. The van der Waals surface area contributed by atoms with Crippen molar-refractivity contribution in [3.8, 4) is 0 Å². The largest absolute Gasteiger partial charge is 0.293 e. The van der Waals surface area contributed by atoms with Crippen LogP contribution < -0.4 is 0 Å². The van der Waals surface area contributed by atoms with Crippen LogP contribution in [0, 0.1) is 5.92 Å². The topological polar surface area (TPSA) is 123 Å². The van der Waals surface area contributed by atoms with Gasteiger partial charge in [0.15, 0.2) is 5.78 Å². The number of rotatable bonds is 3. The highest BCUT2D eigenvalue weighted by molar-refractivity contribution is 6.18. The highest BCUT2D eigenvalue weighted by atomic mass is 16.5. The van der Waals surface area contributed by atoms with Crippen LogP contribution in [0.25, 0.3) is 10.4 Å². The second-order valence-corrected chi connectivity index (χ2v) is 3.90. The zero-order valence-corrected chi connectivity index (χ0v) is 9.55. The zero-order valence-electron chi connectivity index (χ0n) is 9.55. The molecule has 0 radical (unpaired) electrons. The van der Waals surface area contributed by atoms with Crippen molar-refractivity contribution >= 4 is 23.3 Å². The van der Waals surface area contributed by atoms with Gasteiger partial charge in [0.1, 0.15) is 5.92 Å². The summed E-state index contributed by atoms with van der Waals surface area (Å²) < 4.78 is 0. The van der Waals surface area contributed by atoms with E-state index in [1.54, 1.807) is 0 Å². The van der Waals surface area contributed by atoms with Crippen LogP contribution in [-0.4, -0.2) is 27.9 Å². The van der Waals surface area contributed by atoms with Crippen molar-refractivity contribution in [3.63, 3.8) is 0 Å². The van der Waals surface area contributed by atoms with Gasteiger partial charge in [-0.25, -0.2) is 0 Å². The summed E-state index contributed by atoms with van der Waals surface area (Å²) in [6.45, 7) is 0. The van der Waals surface area contributed by atoms with Crippen molar-refractivity contribution in [1.82, 2.24) is 5.06 Å². The molecule has 1 heterocycles. The van der Waals surface area contributed by atoms with E-state index in [1.807, 2.05) is 0 Å². The Labute approximate surface area is 106 Å². The molecule has 1 unspecified atom stereocenters. The summed E-state index contributed by atoms with van der Waals surface area (Å²) in [5.74, 6) is -3.46. The second-order valence-electron chi connectivity index (χ2n) is 3.90. The van der Waals surface area contributed by atoms with Gasteiger partial charge in [-0.05, 0) is 5.53 Å². The number of amides is 2. The molecule has 1 saturated heterocycles. The first-order valence-electron chi connectivity index (χ1n) is 5.29. The van der Waals surface area contributed by atoms with Crippen LogP contribution in [0.3, 0.4) is 0 Å². The van der Waals surface area contributed by atoms with E-state index in [1.165, 1.54) is 24.3 Å². The molecule has 1 aromatic rings. The van der Waals surface area contributed by atoms with E-state index in [9.17, 15) is 14.4 Å². The summed E-state index contributed by atoms with van der Waals surface area (Å²) in [6.07, 6.45) is -0.341. The number of nitrogens with zero attached hydrogens (tertiary/aromatic N) is 4. The molecule has 1 fully saturated rings. The van der Waals surface area contributed by atoms with Crippen LogP contribution in [-0.2, 0) is 9.59 Å². The quantitative estimate of drug-likeness (QED) is 0.168. The third kappa shape index (κ3) is 2.30. The Kier molecular flexibility index (Phi) is 3.28. The van der Waals surface area contributed by atoms with Gasteiger partial charge < -0.3 is 0 Å². The predicted molar refractivity (Wildman–Crippen MR) is 61.3 cm³/mol. The van der Waals surface area contributed by atoms with Crippen LogP contribution in [0.4, 0.5) is 5.69 Å². The van der Waals surface area contributed by atoms with E-state index in [0.29, 0.717) is 5.69 Å². The first kappa shape index (κ1) is 12.7. The van der Waals surface area contributed by atoms with E-state index < -0.39 is 23.5 Å². The molecule has 1 N–H and O–H groups in total. The van der Waals surface area contributed by atoms with E-state index in [-0.39, 0.29) is 17.0 Å². The summed E-state index contributed by atoms with van der Waals surface area (Å²) in [5.41, 5.74) is 8.78. The van der Waals surface area contributed by atoms with E-state index in [4.69, 9.17) is 10.7 Å². The average molecular weight is 260 g/mol. The third-order valence-electron chi connectivity index (χ3n) is 2.75. The molecule has 2 amide bonds. The number of imide groups is 1. The van der Waals surface area contributed by atoms with Gasteiger partial charge in [-0.3, -0.25) is 19.6 Å². The monoisotopic (exact) mass is 260 g/mol. The maximum absolute atomic E-state index is 12.0. The predicted octanol–water partition coefficient (Wildman–Crippen LogP) is 1.58. The molecular formula is C11H8N4O4. The molecule has 1 aliphatic heterocycles. The van der Waals surface area contributed by atoms with Gasteiger partial charge in [-0.2, -0.15) is 5.06 Å². The van der Waals surface area contributed by atoms with Crippen molar-refractivity contribution in [1.29, 1.82) is 0 Å². The molecular weight excluding hydrogens is 252 g/mol. The number of benzene rings is 1. The number of ketones is 1. The van der Waals surface area contributed by atoms with Gasteiger partial charge in [0, 0.05) is 22.6 Å². The van der Waals surface area contributed by atoms with E-state index >= 15 is 0 Å². The van der Waals surface area contributed by atoms with Crippen molar-refractivity contribution < 1.29 is 19.6 Å². The number of azide groups is 1. The summed E-state index contributed by atoms with van der Waals surface area (Å²) in [4.78, 5) is 37.2. The fourth-order valence-electron chi connectivity index (χ4n) is 1.77. The number of carbonyl (C=O) groups is 3. The molecule has 8 nitrogen and oxygen atoms in total. The van der Waals surface area contributed by atoms with Crippen molar-refractivity contribution in [3.05, 3.63) is 40.3 Å². The summed E-state index contributed by atoms with van der Waals surface area (Å²) in [6, 6.07) is 5.63. The maximum Gasteiger partial charge on any atom is 0.264 e. The maximum atomic E-state index is 12.0. The van der Waals surface area contributed by atoms with E-state index in [2.05, 4.69) is 10.0 Å². The van der Waals surface area contributed by atoms with Crippen molar-refractivity contribution in [2.24, 2.45) is 11.0 Å². The SMILES string of the molecule is [N-]=[N+]=Nc1ccc(C(=O)C2CC(=O)N(O)C2=O)cc1. The molecule has 0 aliphatic carbocycles. The lowest BCUT2D eigenvalue weighted by Gasteiger charge is -2.06. The number of hydrogen-bond donors (Lipinski definition) is 1. The van der Waals surface area contributed by atoms with Gasteiger partial charge in [0.2, 0.25) is 0 Å². The van der Waals surface area contributed by atoms with Crippen LogP contribution >= 0.6 is 0 Å². The Balaban J connectivity index is 2.23. The zero-order chi connectivity index (χ0) is 14.0. The fraction of sp³-hybridized carbons (Fsp3) is 0.182. The summed E-state index contributed by atoms with van der Waals surface area (Å²) >= 11 is 0. The Morgan fingerprint density at radius 3 is 2.47 bits per heavy atom. The normalized spacial score (nSPS) is 18.4. The molecule has 0 saturated carbocycles. The lowest BCUT2D eigenvalue weighted by Crippen LogP contribution is -2.29. The van der Waals surface area contributed by atoms with Crippen LogP contribution in [0.2, 0.25) is 0 Å². The van der Waals surface area contributed by atoms with Crippen LogP contribution in [0.5, 0.6) is 0 Å². The molecule has 2 rings (SSSR count). The van der Waals surface area contributed by atoms with Crippen LogP contribution in [0.15, 0.2) is 29.4 Å². The Morgan fingerprint density at radius 2 is 2.00 bits per heavy atom. The molecule has 0 spiro atoms. The van der Waals surface area contributed by atoms with Crippen molar-refractivity contribution in [2.75, 3.05) is 0 Å². The number of hydroxylamine groups is 2. The van der Waals surface area contributed by atoms with Gasteiger partial charge >= 0.3 is 0 Å². The number of Topliss-reactive ketones (excluding diaryl/α,β-unsaturated/α-hetero) is 1. The summed E-state index contributed by atoms with van der Waals surface area (Å²) in [7, 11) is 0. The average Bonchev–Trinajstić information content (AvgIpc) is 2.67. The highest BCUT2D eigenvalue weighted by Gasteiger charge is 2.42. The van der Waals surface area contributed by atoms with Crippen LogP contribution in [0.1, 0.15) is 16.8 Å². The molecule has 8 heteroatoms. The van der Waals surface area contributed by atoms with Gasteiger partial charge in [0.05, 0.1) is 0 Å². The Bertz CT molecular complexity index is 604. The fourth-order valence-corrected chi connectivity index (χ4v) is 1.77. The molecule has 19 heavy (non-hydrogen) atoms. The van der Waals surface area contributed by atoms with E-state index in [0.717, 1.165) is 0 Å². The Morgan fingerprint density at radius 1 is 1.37 bits per heavy atom. The number of carbonyl (C=O) groups excluding carboxylic acids is 3. The summed E-state index contributed by atoms with van der Waals surface area (Å²) in [5, 5.41) is 12.4. The first-order chi connectivity index (χ1) is 9.04. The lowest BCUT2D eigenvalue weighted by molar-refractivity contribution is -0.171. The molecule has 96 valence electrons. The molecule has 1 atom stereocenters. The minimum absolute atomic E-state index is 0.0308. The standard InChI is InChI=1S/C11H8N4O4/c12-14-13-7-3-1-6(2-4-7)10(17)8-5-9(16)15(19)11(8)18/h1-4,8,19H,5H2. The smallest absolute Gasteiger partial charge is 0.264 e. The highest BCUT2D eigenvalue weighted by Crippen LogP contribution is 2.23. The van der Waals surface area contributed by atoms with Gasteiger partial charge in [0.25, 0.3) is 11.8 Å². The minimum Gasteiger partial charge on any atom is -0.293 e. The molecule has 0 aromatic heterocycles.